The van der Waals surface area contributed by atoms with Gasteiger partial charge in [0.1, 0.15) is 0 Å². The van der Waals surface area contributed by atoms with Gasteiger partial charge in [0.05, 0.1) is 11.2 Å². The Bertz CT molecular complexity index is 403. The minimum Gasteiger partial charge on any atom is -0.481 e. The molecule has 0 aromatic carbocycles. The number of carboxylic acid groups (broad SMARTS) is 1. The molecular formula is C13H25NO4S. The SMILES string of the molecule is CCCCS(=O)(=O)N1CCCC(CCC)(C(=O)O)C1. The molecule has 1 aliphatic rings. The quantitative estimate of drug-likeness (QED) is 0.779. The molecule has 0 aromatic rings. The van der Waals surface area contributed by atoms with E-state index in [9.17, 15) is 18.3 Å². The van der Waals surface area contributed by atoms with Crippen molar-refractivity contribution >= 4 is 16.0 Å². The van der Waals surface area contributed by atoms with Crippen LogP contribution in [0.1, 0.15) is 52.4 Å². The van der Waals surface area contributed by atoms with E-state index >= 15 is 0 Å². The molecule has 0 amide bonds. The summed E-state index contributed by atoms with van der Waals surface area (Å²) in [5.41, 5.74) is -0.883. The van der Waals surface area contributed by atoms with Crippen LogP contribution in [0.15, 0.2) is 0 Å². The second-order valence-electron chi connectivity index (χ2n) is 5.44. The first-order chi connectivity index (χ1) is 8.88. The molecule has 0 spiro atoms. The van der Waals surface area contributed by atoms with E-state index in [1.807, 2.05) is 13.8 Å². The molecule has 0 aromatic heterocycles. The summed E-state index contributed by atoms with van der Waals surface area (Å²) in [6.07, 6.45) is 3.98. The lowest BCUT2D eigenvalue weighted by Crippen LogP contribution is -2.50. The summed E-state index contributed by atoms with van der Waals surface area (Å²) >= 11 is 0. The number of carbonyl (C=O) groups is 1. The van der Waals surface area contributed by atoms with Gasteiger partial charge in [-0.15, -0.1) is 0 Å². The minimum atomic E-state index is -3.30. The lowest BCUT2D eigenvalue weighted by Gasteiger charge is -2.39. The molecule has 112 valence electrons. The highest BCUT2D eigenvalue weighted by molar-refractivity contribution is 7.89. The van der Waals surface area contributed by atoms with Crippen LogP contribution in [0.5, 0.6) is 0 Å². The number of sulfonamides is 1. The number of nitrogens with zero attached hydrogens (tertiary/aromatic N) is 1. The third-order valence-corrected chi connectivity index (χ3v) is 5.78. The molecule has 0 saturated carbocycles. The first-order valence-electron chi connectivity index (χ1n) is 7.09. The number of carboxylic acids is 1. The maximum Gasteiger partial charge on any atom is 0.310 e. The van der Waals surface area contributed by atoms with E-state index in [0.29, 0.717) is 32.2 Å². The molecule has 1 N–H and O–H groups in total. The van der Waals surface area contributed by atoms with Crippen molar-refractivity contribution in [1.82, 2.24) is 4.31 Å². The predicted octanol–water partition coefficient (Wildman–Crippen LogP) is 2.08. The van der Waals surface area contributed by atoms with Crippen molar-refractivity contribution in [2.24, 2.45) is 5.41 Å². The van der Waals surface area contributed by atoms with Crippen LogP contribution >= 0.6 is 0 Å². The molecular weight excluding hydrogens is 266 g/mol. The number of hydrogen-bond acceptors (Lipinski definition) is 3. The zero-order chi connectivity index (χ0) is 14.5. The third-order valence-electron chi connectivity index (χ3n) is 3.87. The van der Waals surface area contributed by atoms with Gasteiger partial charge in [-0.05, 0) is 25.7 Å². The van der Waals surface area contributed by atoms with Gasteiger partial charge in [0.2, 0.25) is 10.0 Å². The van der Waals surface area contributed by atoms with Crippen LogP contribution in [0.2, 0.25) is 0 Å². The second-order valence-corrected chi connectivity index (χ2v) is 7.53. The van der Waals surface area contributed by atoms with Gasteiger partial charge in [-0.3, -0.25) is 4.79 Å². The lowest BCUT2D eigenvalue weighted by molar-refractivity contribution is -0.151. The molecule has 6 heteroatoms. The average molecular weight is 291 g/mol. The van der Waals surface area contributed by atoms with Crippen LogP contribution in [0.4, 0.5) is 0 Å². The maximum absolute atomic E-state index is 12.2. The summed E-state index contributed by atoms with van der Waals surface area (Å²) < 4.78 is 25.8. The fraction of sp³-hybridized carbons (Fsp3) is 0.923. The highest BCUT2D eigenvalue weighted by Gasteiger charge is 2.44. The normalized spacial score (nSPS) is 25.4. The monoisotopic (exact) mass is 291 g/mol. The molecule has 5 nitrogen and oxygen atoms in total. The molecule has 1 rings (SSSR count). The van der Waals surface area contributed by atoms with E-state index in [1.54, 1.807) is 0 Å². The minimum absolute atomic E-state index is 0.130. The standard InChI is InChI=1S/C13H25NO4S/c1-3-5-10-19(17,18)14-9-6-8-13(11-14,7-4-2)12(15)16/h3-11H2,1-2H3,(H,15,16). The number of hydrogen-bond donors (Lipinski definition) is 1. The van der Waals surface area contributed by atoms with Crippen LogP contribution in [0.3, 0.4) is 0 Å². The van der Waals surface area contributed by atoms with Crippen molar-refractivity contribution in [3.8, 4) is 0 Å². The molecule has 1 aliphatic heterocycles. The van der Waals surface area contributed by atoms with Crippen molar-refractivity contribution < 1.29 is 18.3 Å². The van der Waals surface area contributed by atoms with Crippen molar-refractivity contribution in [3.63, 3.8) is 0 Å². The fourth-order valence-electron chi connectivity index (χ4n) is 2.75. The smallest absolute Gasteiger partial charge is 0.310 e. The van der Waals surface area contributed by atoms with Gasteiger partial charge < -0.3 is 5.11 Å². The Morgan fingerprint density at radius 1 is 1.32 bits per heavy atom. The van der Waals surface area contributed by atoms with E-state index in [0.717, 1.165) is 12.8 Å². The van der Waals surface area contributed by atoms with E-state index in [1.165, 1.54) is 4.31 Å². The Morgan fingerprint density at radius 3 is 2.53 bits per heavy atom. The highest BCUT2D eigenvalue weighted by Crippen LogP contribution is 2.36. The molecule has 19 heavy (non-hydrogen) atoms. The molecule has 1 heterocycles. The predicted molar refractivity (Wildman–Crippen MR) is 74.5 cm³/mol. The summed E-state index contributed by atoms with van der Waals surface area (Å²) in [5, 5.41) is 9.46. The number of rotatable bonds is 7. The first kappa shape index (κ1) is 16.4. The maximum atomic E-state index is 12.2. The molecule has 1 unspecified atom stereocenters. The van der Waals surface area contributed by atoms with Gasteiger partial charge in [0.25, 0.3) is 0 Å². The summed E-state index contributed by atoms with van der Waals surface area (Å²) in [6, 6.07) is 0. The molecule has 1 atom stereocenters. The van der Waals surface area contributed by atoms with Gasteiger partial charge in [0.15, 0.2) is 0 Å². The van der Waals surface area contributed by atoms with Crippen LogP contribution in [-0.2, 0) is 14.8 Å². The van der Waals surface area contributed by atoms with Crippen molar-refractivity contribution in [1.29, 1.82) is 0 Å². The zero-order valence-electron chi connectivity index (χ0n) is 11.9. The van der Waals surface area contributed by atoms with E-state index < -0.39 is 21.4 Å². The van der Waals surface area contributed by atoms with Crippen LogP contribution in [-0.4, -0.2) is 42.6 Å². The van der Waals surface area contributed by atoms with Gasteiger partial charge in [-0.1, -0.05) is 26.7 Å². The highest BCUT2D eigenvalue weighted by atomic mass is 32.2. The number of unbranched alkanes of at least 4 members (excludes halogenated alkanes) is 1. The van der Waals surface area contributed by atoms with Crippen molar-refractivity contribution in [3.05, 3.63) is 0 Å². The molecule has 1 fully saturated rings. The van der Waals surface area contributed by atoms with Gasteiger partial charge in [0, 0.05) is 13.1 Å². The summed E-state index contributed by atoms with van der Waals surface area (Å²) in [7, 11) is -3.30. The summed E-state index contributed by atoms with van der Waals surface area (Å²) in [6.45, 7) is 4.49. The molecule has 0 radical (unpaired) electrons. The molecule has 0 aliphatic carbocycles. The van der Waals surface area contributed by atoms with Gasteiger partial charge >= 0.3 is 5.97 Å². The number of aliphatic carboxylic acids is 1. The van der Waals surface area contributed by atoms with E-state index in [2.05, 4.69) is 0 Å². The molecule has 1 saturated heterocycles. The van der Waals surface area contributed by atoms with Crippen molar-refractivity contribution in [2.75, 3.05) is 18.8 Å². The summed E-state index contributed by atoms with van der Waals surface area (Å²) in [5.74, 6) is -0.726. The Labute approximate surface area is 116 Å². The van der Waals surface area contributed by atoms with Gasteiger partial charge in [-0.25, -0.2) is 12.7 Å². The van der Waals surface area contributed by atoms with Crippen LogP contribution in [0, 0.1) is 5.41 Å². The largest absolute Gasteiger partial charge is 0.481 e. The Balaban J connectivity index is 2.85. The third kappa shape index (κ3) is 3.92. The van der Waals surface area contributed by atoms with E-state index in [4.69, 9.17) is 0 Å². The fourth-order valence-corrected chi connectivity index (χ4v) is 4.51. The number of piperidine rings is 1. The Kier molecular flexibility index (Phi) is 5.80. The summed E-state index contributed by atoms with van der Waals surface area (Å²) in [4.78, 5) is 11.5. The lowest BCUT2D eigenvalue weighted by atomic mass is 9.77. The van der Waals surface area contributed by atoms with E-state index in [-0.39, 0.29) is 12.3 Å². The van der Waals surface area contributed by atoms with Gasteiger partial charge in [-0.2, -0.15) is 0 Å². The second kappa shape index (κ2) is 6.70. The topological polar surface area (TPSA) is 74.7 Å². The molecule has 0 bridgehead atoms. The van der Waals surface area contributed by atoms with Crippen LogP contribution in [0.25, 0.3) is 0 Å². The Hall–Kier alpha value is -0.620. The van der Waals surface area contributed by atoms with Crippen LogP contribution < -0.4 is 0 Å². The zero-order valence-corrected chi connectivity index (χ0v) is 12.7. The average Bonchev–Trinajstić information content (AvgIpc) is 2.37. The Morgan fingerprint density at radius 2 is 2.00 bits per heavy atom. The first-order valence-corrected chi connectivity index (χ1v) is 8.70. The van der Waals surface area contributed by atoms with Crippen molar-refractivity contribution in [2.45, 2.75) is 52.4 Å².